The number of phosphoric acid groups is 1. The molecular weight excluding hydrogens is 443 g/mol. The first-order chi connectivity index (χ1) is 15.0. The molecule has 0 aromatic heterocycles. The van der Waals surface area contributed by atoms with Gasteiger partial charge >= 0.3 is 19.8 Å². The fourth-order valence-electron chi connectivity index (χ4n) is 2.86. The van der Waals surface area contributed by atoms with Gasteiger partial charge in [-0.1, -0.05) is 26.0 Å². The quantitative estimate of drug-likeness (QED) is 0.398. The van der Waals surface area contributed by atoms with E-state index in [9.17, 15) is 18.9 Å². The van der Waals surface area contributed by atoms with Crippen LogP contribution in [0.15, 0.2) is 24.3 Å². The normalized spacial score (nSPS) is 23.0. The molecule has 3 atom stereocenters. The number of amides is 1. The molecule has 1 fully saturated rings. The van der Waals surface area contributed by atoms with Crippen LogP contribution < -0.4 is 15.6 Å². The topological polar surface area (TPSA) is 152 Å². The minimum absolute atomic E-state index is 0.00790. The van der Waals surface area contributed by atoms with Crippen LogP contribution in [0, 0.1) is 5.41 Å². The van der Waals surface area contributed by atoms with E-state index >= 15 is 0 Å². The SMILES string of the molecule is COC(=O)CCNC(=O)[C@@H]1O[P@](=O)(Oc2ccc(C[C@H](N)C(=O)OC)cc2)OCC1(C)C. The highest BCUT2D eigenvalue weighted by molar-refractivity contribution is 7.49. The lowest BCUT2D eigenvalue weighted by Gasteiger charge is -2.39. The Morgan fingerprint density at radius 2 is 1.88 bits per heavy atom. The zero-order valence-corrected chi connectivity index (χ0v) is 19.4. The first-order valence-electron chi connectivity index (χ1n) is 9.89. The van der Waals surface area contributed by atoms with Crippen molar-refractivity contribution in [3.8, 4) is 5.75 Å². The van der Waals surface area contributed by atoms with E-state index in [0.717, 1.165) is 5.56 Å². The molecule has 0 saturated carbocycles. The second kappa shape index (κ2) is 10.9. The van der Waals surface area contributed by atoms with Crippen molar-refractivity contribution in [1.29, 1.82) is 0 Å². The van der Waals surface area contributed by atoms with Gasteiger partial charge < -0.3 is 25.0 Å². The Morgan fingerprint density at radius 3 is 2.47 bits per heavy atom. The highest BCUT2D eigenvalue weighted by atomic mass is 31.2. The Bertz CT molecular complexity index is 872. The fraction of sp³-hybridized carbons (Fsp3) is 0.550. The molecule has 178 valence electrons. The third-order valence-corrected chi connectivity index (χ3v) is 6.08. The van der Waals surface area contributed by atoms with Crippen molar-refractivity contribution in [2.75, 3.05) is 27.4 Å². The zero-order chi connectivity index (χ0) is 23.9. The second-order valence-electron chi connectivity index (χ2n) is 7.88. The van der Waals surface area contributed by atoms with Crippen LogP contribution in [0.1, 0.15) is 25.8 Å². The highest BCUT2D eigenvalue weighted by Gasteiger charge is 2.49. The number of methoxy groups -OCH3 is 2. The maximum atomic E-state index is 13.0. The Balaban J connectivity index is 2.02. The van der Waals surface area contributed by atoms with E-state index in [0.29, 0.717) is 0 Å². The summed E-state index contributed by atoms with van der Waals surface area (Å²) in [6, 6.07) is 5.54. The molecule has 1 saturated heterocycles. The monoisotopic (exact) mass is 472 g/mol. The molecule has 1 aliphatic heterocycles. The Kier molecular flexibility index (Phi) is 8.80. The molecule has 2 rings (SSSR count). The van der Waals surface area contributed by atoms with Crippen LogP contribution in [0.3, 0.4) is 0 Å². The van der Waals surface area contributed by atoms with Gasteiger partial charge in [-0.05, 0) is 24.1 Å². The molecule has 1 aromatic carbocycles. The number of nitrogens with two attached hydrogens (primary N) is 1. The number of rotatable bonds is 9. The Morgan fingerprint density at radius 1 is 1.22 bits per heavy atom. The number of ether oxygens (including phenoxy) is 2. The molecule has 11 nitrogen and oxygen atoms in total. The van der Waals surface area contributed by atoms with Crippen LogP contribution in [0.25, 0.3) is 0 Å². The summed E-state index contributed by atoms with van der Waals surface area (Å²) in [6.45, 7) is 3.44. The average Bonchev–Trinajstić information content (AvgIpc) is 2.76. The molecule has 0 aliphatic carbocycles. The summed E-state index contributed by atoms with van der Waals surface area (Å²) < 4.78 is 38.4. The van der Waals surface area contributed by atoms with Crippen molar-refractivity contribution >= 4 is 25.7 Å². The highest BCUT2D eigenvalue weighted by Crippen LogP contribution is 2.56. The van der Waals surface area contributed by atoms with Crippen molar-refractivity contribution < 1.29 is 42.0 Å². The van der Waals surface area contributed by atoms with E-state index in [1.165, 1.54) is 26.4 Å². The minimum atomic E-state index is -4.10. The largest absolute Gasteiger partial charge is 0.530 e. The van der Waals surface area contributed by atoms with E-state index < -0.39 is 43.2 Å². The van der Waals surface area contributed by atoms with Crippen molar-refractivity contribution in [3.63, 3.8) is 0 Å². The molecule has 0 spiro atoms. The molecule has 32 heavy (non-hydrogen) atoms. The molecule has 1 amide bonds. The van der Waals surface area contributed by atoms with E-state index in [2.05, 4.69) is 14.8 Å². The lowest BCUT2D eigenvalue weighted by atomic mass is 9.87. The molecule has 1 aromatic rings. The molecule has 0 unspecified atom stereocenters. The summed E-state index contributed by atoms with van der Waals surface area (Å²) in [6.07, 6.45) is -0.886. The van der Waals surface area contributed by atoms with E-state index in [-0.39, 0.29) is 31.7 Å². The maximum Gasteiger partial charge on any atom is 0.530 e. The summed E-state index contributed by atoms with van der Waals surface area (Å²) in [5, 5.41) is 2.57. The number of carbonyl (C=O) groups excluding carboxylic acids is 3. The Hall–Kier alpha value is -2.46. The predicted molar refractivity (Wildman–Crippen MR) is 113 cm³/mol. The number of hydrogen-bond acceptors (Lipinski definition) is 10. The standard InChI is InChI=1S/C20H29N2O9P/c1-20(2)12-29-32(26,31-17(20)18(24)22-10-9-16(23)27-3)30-14-7-5-13(6-8-14)11-15(21)19(25)28-4/h5-8,15,17H,9-12,21H2,1-4H3,(H,22,24)/t15-,17-,32-/m0/s1. The van der Waals surface area contributed by atoms with Gasteiger partial charge in [0, 0.05) is 12.0 Å². The molecule has 0 bridgehead atoms. The third kappa shape index (κ3) is 7.03. The van der Waals surface area contributed by atoms with Gasteiger partial charge in [0.05, 0.1) is 27.2 Å². The van der Waals surface area contributed by atoms with Gasteiger partial charge in [0.15, 0.2) is 6.10 Å². The van der Waals surface area contributed by atoms with Gasteiger partial charge in [-0.15, -0.1) is 0 Å². The molecule has 3 N–H and O–H groups in total. The zero-order valence-electron chi connectivity index (χ0n) is 18.5. The van der Waals surface area contributed by atoms with Gasteiger partial charge in [0.25, 0.3) is 5.91 Å². The predicted octanol–water partition coefficient (Wildman–Crippen LogP) is 1.34. The van der Waals surface area contributed by atoms with Crippen LogP contribution in [-0.2, 0) is 43.9 Å². The summed E-state index contributed by atoms with van der Waals surface area (Å²) in [4.78, 5) is 35.2. The average molecular weight is 472 g/mol. The fourth-order valence-corrected chi connectivity index (χ4v) is 4.53. The second-order valence-corrected chi connectivity index (χ2v) is 9.43. The van der Waals surface area contributed by atoms with Crippen LogP contribution in [0.2, 0.25) is 0 Å². The van der Waals surface area contributed by atoms with Crippen LogP contribution in [0.5, 0.6) is 5.75 Å². The number of hydrogen-bond donors (Lipinski definition) is 2. The maximum absolute atomic E-state index is 13.0. The molecule has 1 aliphatic rings. The molecule has 0 radical (unpaired) electrons. The number of carbonyl (C=O) groups is 3. The first-order valence-corrected chi connectivity index (χ1v) is 11.3. The number of phosphoric ester groups is 1. The van der Waals surface area contributed by atoms with Crippen molar-refractivity contribution in [1.82, 2.24) is 5.32 Å². The van der Waals surface area contributed by atoms with Crippen LogP contribution in [0.4, 0.5) is 0 Å². The van der Waals surface area contributed by atoms with Gasteiger partial charge in [0.1, 0.15) is 11.8 Å². The summed E-state index contributed by atoms with van der Waals surface area (Å²) in [7, 11) is -1.59. The Labute approximate surface area is 186 Å². The first kappa shape index (κ1) is 25.8. The van der Waals surface area contributed by atoms with Gasteiger partial charge in [-0.25, -0.2) is 4.57 Å². The smallest absolute Gasteiger partial charge is 0.469 e. The summed E-state index contributed by atoms with van der Waals surface area (Å²) in [5.41, 5.74) is 5.69. The van der Waals surface area contributed by atoms with E-state index in [1.54, 1.807) is 26.0 Å². The van der Waals surface area contributed by atoms with Crippen molar-refractivity contribution in [2.24, 2.45) is 11.1 Å². The van der Waals surface area contributed by atoms with E-state index in [1.807, 2.05) is 0 Å². The lowest BCUT2D eigenvalue weighted by Crippen LogP contribution is -2.50. The van der Waals surface area contributed by atoms with Gasteiger partial charge in [0.2, 0.25) is 0 Å². The van der Waals surface area contributed by atoms with Crippen molar-refractivity contribution in [3.05, 3.63) is 29.8 Å². The third-order valence-electron chi connectivity index (χ3n) is 4.73. The molecule has 1 heterocycles. The molecule has 12 heteroatoms. The molecular formula is C20H29N2O9P. The van der Waals surface area contributed by atoms with E-state index in [4.69, 9.17) is 19.3 Å². The lowest BCUT2D eigenvalue weighted by molar-refractivity contribution is -0.143. The number of benzene rings is 1. The summed E-state index contributed by atoms with van der Waals surface area (Å²) in [5.74, 6) is -1.36. The minimum Gasteiger partial charge on any atom is -0.469 e. The van der Waals surface area contributed by atoms with Gasteiger partial charge in [-0.2, -0.15) is 0 Å². The van der Waals surface area contributed by atoms with Crippen LogP contribution in [-0.4, -0.2) is 57.4 Å². The van der Waals surface area contributed by atoms with Crippen molar-refractivity contribution in [2.45, 2.75) is 38.8 Å². The van der Waals surface area contributed by atoms with Gasteiger partial charge in [-0.3, -0.25) is 23.4 Å². The number of nitrogens with one attached hydrogen (secondary N) is 1. The summed E-state index contributed by atoms with van der Waals surface area (Å²) >= 11 is 0. The number of esters is 2. The van der Waals surface area contributed by atoms with Crippen LogP contribution >= 0.6 is 7.82 Å².